The van der Waals surface area contributed by atoms with Crippen molar-refractivity contribution in [2.75, 3.05) is 0 Å². The Morgan fingerprint density at radius 1 is 1.64 bits per heavy atom. The average Bonchev–Trinajstić information content (AvgIpc) is 2.66. The van der Waals surface area contributed by atoms with Crippen molar-refractivity contribution < 1.29 is 9.53 Å². The van der Waals surface area contributed by atoms with E-state index >= 15 is 0 Å². The molecule has 2 nitrogen and oxygen atoms in total. The van der Waals surface area contributed by atoms with Gasteiger partial charge in [0, 0.05) is 6.08 Å². The van der Waals surface area contributed by atoms with Crippen LogP contribution in [0.2, 0.25) is 0 Å². The minimum Gasteiger partial charge on any atom is -0.494 e. The summed E-state index contributed by atoms with van der Waals surface area (Å²) in [6.45, 7) is 2.03. The van der Waals surface area contributed by atoms with Crippen molar-refractivity contribution in [1.82, 2.24) is 0 Å². The van der Waals surface area contributed by atoms with E-state index in [1.54, 1.807) is 6.26 Å². The molecule has 1 aliphatic heterocycles. The van der Waals surface area contributed by atoms with Crippen LogP contribution < -0.4 is 0 Å². The third-order valence-electron chi connectivity index (χ3n) is 2.56. The first kappa shape index (κ1) is 6.89. The molecule has 0 spiro atoms. The summed E-state index contributed by atoms with van der Waals surface area (Å²) in [7, 11) is 0. The lowest BCUT2D eigenvalue weighted by atomic mass is 9.92. The Bertz CT molecular complexity index is 216. The third kappa shape index (κ3) is 1.17. The van der Waals surface area contributed by atoms with Gasteiger partial charge in [-0.25, -0.2) is 0 Å². The van der Waals surface area contributed by atoms with Crippen LogP contribution in [-0.4, -0.2) is 11.4 Å². The van der Waals surface area contributed by atoms with Crippen molar-refractivity contribution in [3.8, 4) is 0 Å². The van der Waals surface area contributed by atoms with Gasteiger partial charge < -0.3 is 4.74 Å². The number of ketones is 1. The van der Waals surface area contributed by atoms with Crippen LogP contribution in [0.1, 0.15) is 26.2 Å². The van der Waals surface area contributed by atoms with Gasteiger partial charge in [0.2, 0.25) is 0 Å². The summed E-state index contributed by atoms with van der Waals surface area (Å²) < 4.78 is 5.46. The van der Waals surface area contributed by atoms with Crippen LogP contribution in [0.25, 0.3) is 0 Å². The second kappa shape index (κ2) is 2.10. The van der Waals surface area contributed by atoms with E-state index in [1.165, 1.54) is 18.9 Å². The van der Waals surface area contributed by atoms with Gasteiger partial charge >= 0.3 is 0 Å². The monoisotopic (exact) mass is 152 g/mol. The Balaban J connectivity index is 2.14. The molecule has 60 valence electrons. The zero-order valence-electron chi connectivity index (χ0n) is 6.67. The highest BCUT2D eigenvalue weighted by Gasteiger charge is 2.45. The van der Waals surface area contributed by atoms with Crippen LogP contribution in [0.15, 0.2) is 12.3 Å². The van der Waals surface area contributed by atoms with Gasteiger partial charge in [0.25, 0.3) is 0 Å². The zero-order valence-corrected chi connectivity index (χ0v) is 6.67. The minimum atomic E-state index is -0.175. The van der Waals surface area contributed by atoms with Gasteiger partial charge in [-0.15, -0.1) is 0 Å². The van der Waals surface area contributed by atoms with Crippen molar-refractivity contribution in [3.63, 3.8) is 0 Å². The van der Waals surface area contributed by atoms with Crippen LogP contribution in [-0.2, 0) is 9.53 Å². The van der Waals surface area contributed by atoms with E-state index in [0.717, 1.165) is 0 Å². The lowest BCUT2D eigenvalue weighted by Crippen LogP contribution is -2.34. The highest BCUT2D eigenvalue weighted by atomic mass is 16.5. The number of carbonyl (C=O) groups is 1. The van der Waals surface area contributed by atoms with Gasteiger partial charge in [-0.1, -0.05) is 0 Å². The first-order valence-electron chi connectivity index (χ1n) is 4.08. The molecule has 0 aromatic heterocycles. The fraction of sp³-hybridized carbons (Fsp3) is 0.667. The summed E-state index contributed by atoms with van der Waals surface area (Å²) in [6.07, 6.45) is 6.07. The van der Waals surface area contributed by atoms with Crippen LogP contribution in [0.4, 0.5) is 0 Å². The quantitative estimate of drug-likeness (QED) is 0.571. The van der Waals surface area contributed by atoms with Crippen molar-refractivity contribution in [3.05, 3.63) is 12.3 Å². The smallest absolute Gasteiger partial charge is 0.162 e. The lowest BCUT2D eigenvalue weighted by Gasteiger charge is -2.30. The Morgan fingerprint density at radius 2 is 2.36 bits per heavy atom. The van der Waals surface area contributed by atoms with E-state index in [0.29, 0.717) is 12.3 Å². The number of carbonyl (C=O) groups excluding carboxylic acids is 1. The largest absolute Gasteiger partial charge is 0.494 e. The predicted molar refractivity (Wildman–Crippen MR) is 41.0 cm³/mol. The number of hydrogen-bond acceptors (Lipinski definition) is 2. The first-order chi connectivity index (χ1) is 5.21. The molecule has 0 radical (unpaired) electrons. The average molecular weight is 152 g/mol. The molecule has 1 heterocycles. The third-order valence-corrected chi connectivity index (χ3v) is 2.56. The highest BCUT2D eigenvalue weighted by Crippen LogP contribution is 2.44. The van der Waals surface area contributed by atoms with Crippen molar-refractivity contribution in [1.29, 1.82) is 0 Å². The van der Waals surface area contributed by atoms with E-state index in [2.05, 4.69) is 0 Å². The van der Waals surface area contributed by atoms with E-state index in [9.17, 15) is 4.79 Å². The summed E-state index contributed by atoms with van der Waals surface area (Å²) in [5, 5.41) is 0. The molecule has 11 heavy (non-hydrogen) atoms. The van der Waals surface area contributed by atoms with E-state index < -0.39 is 0 Å². The molecule has 1 saturated carbocycles. The van der Waals surface area contributed by atoms with Gasteiger partial charge in [-0.2, -0.15) is 0 Å². The second-order valence-electron chi connectivity index (χ2n) is 3.65. The maximum Gasteiger partial charge on any atom is 0.162 e. The molecular weight excluding hydrogens is 140 g/mol. The molecule has 1 unspecified atom stereocenters. The molecule has 1 fully saturated rings. The first-order valence-corrected chi connectivity index (χ1v) is 4.08. The Labute approximate surface area is 66.2 Å². The number of rotatable bonds is 1. The van der Waals surface area contributed by atoms with Gasteiger partial charge in [0.05, 0.1) is 12.7 Å². The summed E-state index contributed by atoms with van der Waals surface area (Å²) in [5.41, 5.74) is -0.175. The van der Waals surface area contributed by atoms with Gasteiger partial charge in [-0.3, -0.25) is 4.79 Å². The molecule has 1 aliphatic carbocycles. The number of ether oxygens (including phenoxy) is 1. The molecule has 0 bridgehead atoms. The Kier molecular flexibility index (Phi) is 1.31. The van der Waals surface area contributed by atoms with Gasteiger partial charge in [0.1, 0.15) is 5.60 Å². The number of allylic oxidation sites excluding steroid dienone is 1. The molecule has 0 aromatic rings. The van der Waals surface area contributed by atoms with Gasteiger partial charge in [-0.05, 0) is 25.7 Å². The van der Waals surface area contributed by atoms with Crippen molar-refractivity contribution in [2.45, 2.75) is 31.8 Å². The van der Waals surface area contributed by atoms with E-state index in [-0.39, 0.29) is 11.4 Å². The van der Waals surface area contributed by atoms with Crippen LogP contribution >= 0.6 is 0 Å². The minimum absolute atomic E-state index is 0.175. The maximum absolute atomic E-state index is 11.0. The summed E-state index contributed by atoms with van der Waals surface area (Å²) in [5.74, 6) is 0.821. The fourth-order valence-electron chi connectivity index (χ4n) is 1.65. The lowest BCUT2D eigenvalue weighted by molar-refractivity contribution is -0.122. The summed E-state index contributed by atoms with van der Waals surface area (Å²) in [6, 6.07) is 0. The van der Waals surface area contributed by atoms with E-state index in [1.807, 2.05) is 6.92 Å². The summed E-state index contributed by atoms with van der Waals surface area (Å²) in [4.78, 5) is 11.0. The molecular formula is C9H12O2. The van der Waals surface area contributed by atoms with Gasteiger partial charge in [0.15, 0.2) is 5.78 Å². The van der Waals surface area contributed by atoms with Crippen molar-refractivity contribution in [2.24, 2.45) is 5.92 Å². The Hall–Kier alpha value is -0.790. The van der Waals surface area contributed by atoms with Crippen LogP contribution in [0.3, 0.4) is 0 Å². The molecule has 0 aromatic carbocycles. The molecule has 1 atom stereocenters. The molecule has 2 aliphatic rings. The van der Waals surface area contributed by atoms with E-state index in [4.69, 9.17) is 4.74 Å². The topological polar surface area (TPSA) is 26.3 Å². The molecule has 0 amide bonds. The van der Waals surface area contributed by atoms with Crippen LogP contribution in [0.5, 0.6) is 0 Å². The standard InChI is InChI=1S/C9H12O2/c1-9(7-2-3-7)6-8(10)4-5-11-9/h4-5,7H,2-3,6H2,1H3. The second-order valence-corrected chi connectivity index (χ2v) is 3.65. The molecule has 2 rings (SSSR count). The summed E-state index contributed by atoms with van der Waals surface area (Å²) >= 11 is 0. The van der Waals surface area contributed by atoms with Crippen molar-refractivity contribution >= 4 is 5.78 Å². The SMILES string of the molecule is CC1(C2CC2)CC(=O)C=CO1. The highest BCUT2D eigenvalue weighted by molar-refractivity contribution is 5.90. The fourth-order valence-corrected chi connectivity index (χ4v) is 1.65. The molecule has 0 N–H and O–H groups in total. The predicted octanol–water partition coefficient (Wildman–Crippen LogP) is 1.66. The number of hydrogen-bond donors (Lipinski definition) is 0. The normalized spacial score (nSPS) is 37.0. The molecule has 2 heteroatoms. The maximum atomic E-state index is 11.0. The zero-order chi connectivity index (χ0) is 7.90. The van der Waals surface area contributed by atoms with Crippen LogP contribution in [0, 0.1) is 5.92 Å². The molecule has 0 saturated heterocycles. The Morgan fingerprint density at radius 3 is 2.91 bits per heavy atom.